The molecule has 0 aliphatic carbocycles. The molecule has 84 valence electrons. The lowest BCUT2D eigenvalue weighted by molar-refractivity contribution is 0.628. The van der Waals surface area contributed by atoms with Crippen molar-refractivity contribution in [3.63, 3.8) is 0 Å². The average Bonchev–Trinajstić information content (AvgIpc) is 2.72. The highest BCUT2D eigenvalue weighted by Crippen LogP contribution is 2.18. The van der Waals surface area contributed by atoms with Gasteiger partial charge in [0.05, 0.1) is 0 Å². The molecule has 0 saturated carbocycles. The van der Waals surface area contributed by atoms with Crippen LogP contribution in [0.5, 0.6) is 0 Å². The number of fused-ring (bicyclic) bond motifs is 1. The van der Waals surface area contributed by atoms with Gasteiger partial charge in [-0.1, -0.05) is 23.7 Å². The Morgan fingerprint density at radius 3 is 2.88 bits per heavy atom. The fourth-order valence-corrected chi connectivity index (χ4v) is 1.76. The van der Waals surface area contributed by atoms with E-state index in [1.54, 1.807) is 35.0 Å². The minimum absolute atomic E-state index is 0.306. The van der Waals surface area contributed by atoms with Gasteiger partial charge in [-0.3, -0.25) is 0 Å². The quantitative estimate of drug-likeness (QED) is 0.661. The van der Waals surface area contributed by atoms with Gasteiger partial charge in [-0.15, -0.1) is 5.10 Å². The largest absolute Gasteiger partial charge is 0.220 e. The molecule has 0 N–H and O–H groups in total. The molecule has 2 heterocycles. The summed E-state index contributed by atoms with van der Waals surface area (Å²) < 4.78 is 14.7. The van der Waals surface area contributed by atoms with E-state index in [1.807, 2.05) is 0 Å². The molecule has 0 unspecified atom stereocenters. The molecule has 3 nitrogen and oxygen atoms in total. The van der Waals surface area contributed by atoms with Crippen LogP contribution in [0.25, 0.3) is 17.0 Å². The number of pyridine rings is 1. The smallest absolute Gasteiger partial charge is 0.182 e. The zero-order chi connectivity index (χ0) is 11.8. The van der Waals surface area contributed by atoms with E-state index in [1.165, 1.54) is 12.1 Å². The minimum atomic E-state index is -0.306. The van der Waals surface area contributed by atoms with Gasteiger partial charge in [0.2, 0.25) is 0 Å². The average molecular weight is 248 g/mol. The molecule has 0 radical (unpaired) electrons. The van der Waals surface area contributed by atoms with Crippen LogP contribution in [0.1, 0.15) is 0 Å². The first kappa shape index (κ1) is 10.2. The molecule has 1 aromatic carbocycles. The second-order valence-electron chi connectivity index (χ2n) is 3.59. The standard InChI is InChI=1S/C12H7ClFN3/c13-9-4-5-17-11(7-9)15-12(16-17)8-2-1-3-10(14)6-8/h1-7H. The van der Waals surface area contributed by atoms with Gasteiger partial charge >= 0.3 is 0 Å². The third kappa shape index (κ3) is 1.87. The van der Waals surface area contributed by atoms with Crippen molar-refractivity contribution >= 4 is 17.2 Å². The molecule has 0 aliphatic rings. The maximum Gasteiger partial charge on any atom is 0.182 e. The first-order chi connectivity index (χ1) is 8.22. The SMILES string of the molecule is Fc1cccc(-c2nc3cc(Cl)ccn3n2)c1. The summed E-state index contributed by atoms with van der Waals surface area (Å²) in [6.45, 7) is 0. The third-order valence-electron chi connectivity index (χ3n) is 2.38. The molecule has 3 aromatic rings. The highest BCUT2D eigenvalue weighted by Gasteiger charge is 2.07. The Morgan fingerprint density at radius 1 is 1.18 bits per heavy atom. The zero-order valence-electron chi connectivity index (χ0n) is 8.64. The van der Waals surface area contributed by atoms with Crippen LogP contribution >= 0.6 is 11.6 Å². The summed E-state index contributed by atoms with van der Waals surface area (Å²) in [5, 5.41) is 4.84. The summed E-state index contributed by atoms with van der Waals surface area (Å²) in [4.78, 5) is 4.29. The lowest BCUT2D eigenvalue weighted by atomic mass is 10.2. The van der Waals surface area contributed by atoms with Crippen molar-refractivity contribution in [3.05, 3.63) is 53.4 Å². The maximum absolute atomic E-state index is 13.1. The summed E-state index contributed by atoms with van der Waals surface area (Å²) in [5.41, 5.74) is 1.28. The van der Waals surface area contributed by atoms with Gasteiger partial charge in [-0.05, 0) is 18.2 Å². The molecular formula is C12H7ClFN3. The number of hydrogen-bond acceptors (Lipinski definition) is 2. The van der Waals surface area contributed by atoms with Crippen LogP contribution in [0.2, 0.25) is 5.02 Å². The van der Waals surface area contributed by atoms with E-state index in [0.29, 0.717) is 22.1 Å². The van der Waals surface area contributed by atoms with Crippen LogP contribution in [-0.4, -0.2) is 14.6 Å². The molecule has 5 heteroatoms. The summed E-state index contributed by atoms with van der Waals surface area (Å²) in [6.07, 6.45) is 1.72. The van der Waals surface area contributed by atoms with Crippen molar-refractivity contribution < 1.29 is 4.39 Å². The molecule has 0 spiro atoms. The van der Waals surface area contributed by atoms with Crippen molar-refractivity contribution in [1.82, 2.24) is 14.6 Å². The predicted octanol–water partition coefficient (Wildman–Crippen LogP) is 3.19. The van der Waals surface area contributed by atoms with Gasteiger partial charge in [-0.2, -0.15) is 0 Å². The summed E-state index contributed by atoms with van der Waals surface area (Å²) >= 11 is 5.86. The second kappa shape index (κ2) is 3.82. The van der Waals surface area contributed by atoms with Gasteiger partial charge in [0, 0.05) is 22.8 Å². The number of halogens is 2. The lowest BCUT2D eigenvalue weighted by Gasteiger charge is -1.93. The van der Waals surface area contributed by atoms with E-state index in [2.05, 4.69) is 10.1 Å². The molecule has 0 saturated heterocycles. The second-order valence-corrected chi connectivity index (χ2v) is 4.03. The van der Waals surface area contributed by atoms with E-state index in [-0.39, 0.29) is 5.82 Å². The lowest BCUT2D eigenvalue weighted by Crippen LogP contribution is -1.86. The number of rotatable bonds is 1. The summed E-state index contributed by atoms with van der Waals surface area (Å²) in [5.74, 6) is 0.172. The summed E-state index contributed by atoms with van der Waals surface area (Å²) in [7, 11) is 0. The molecule has 17 heavy (non-hydrogen) atoms. The van der Waals surface area contributed by atoms with Gasteiger partial charge in [0.1, 0.15) is 5.82 Å². The summed E-state index contributed by atoms with van der Waals surface area (Å²) in [6, 6.07) is 9.60. The van der Waals surface area contributed by atoms with Crippen molar-refractivity contribution in [2.75, 3.05) is 0 Å². The van der Waals surface area contributed by atoms with Gasteiger partial charge in [0.15, 0.2) is 11.5 Å². The van der Waals surface area contributed by atoms with Gasteiger partial charge in [-0.25, -0.2) is 13.9 Å². The van der Waals surface area contributed by atoms with E-state index in [9.17, 15) is 4.39 Å². The molecule has 0 fully saturated rings. The highest BCUT2D eigenvalue weighted by molar-refractivity contribution is 6.30. The fourth-order valence-electron chi connectivity index (χ4n) is 1.61. The van der Waals surface area contributed by atoms with Crippen molar-refractivity contribution in [3.8, 4) is 11.4 Å². The Balaban J connectivity index is 2.18. The van der Waals surface area contributed by atoms with E-state index in [0.717, 1.165) is 0 Å². The van der Waals surface area contributed by atoms with Crippen LogP contribution < -0.4 is 0 Å². The Kier molecular flexibility index (Phi) is 2.30. The number of hydrogen-bond donors (Lipinski definition) is 0. The normalized spacial score (nSPS) is 10.9. The van der Waals surface area contributed by atoms with Crippen LogP contribution in [0.4, 0.5) is 4.39 Å². The highest BCUT2D eigenvalue weighted by atomic mass is 35.5. The Labute approximate surface area is 101 Å². The predicted molar refractivity (Wildman–Crippen MR) is 63.4 cm³/mol. The van der Waals surface area contributed by atoms with Crippen LogP contribution in [0.3, 0.4) is 0 Å². The maximum atomic E-state index is 13.1. The monoisotopic (exact) mass is 247 g/mol. The van der Waals surface area contributed by atoms with Crippen LogP contribution in [0.15, 0.2) is 42.6 Å². The van der Waals surface area contributed by atoms with Crippen molar-refractivity contribution in [2.24, 2.45) is 0 Å². The van der Waals surface area contributed by atoms with Crippen molar-refractivity contribution in [2.45, 2.75) is 0 Å². The van der Waals surface area contributed by atoms with Gasteiger partial charge < -0.3 is 0 Å². The molecule has 0 aliphatic heterocycles. The molecule has 0 bridgehead atoms. The molecule has 2 aromatic heterocycles. The zero-order valence-corrected chi connectivity index (χ0v) is 9.39. The number of nitrogens with zero attached hydrogens (tertiary/aromatic N) is 3. The molecular weight excluding hydrogens is 241 g/mol. The van der Waals surface area contributed by atoms with E-state index in [4.69, 9.17) is 11.6 Å². The molecule has 0 amide bonds. The third-order valence-corrected chi connectivity index (χ3v) is 2.62. The van der Waals surface area contributed by atoms with Gasteiger partial charge in [0.25, 0.3) is 0 Å². The van der Waals surface area contributed by atoms with E-state index >= 15 is 0 Å². The fraction of sp³-hybridized carbons (Fsp3) is 0. The Hall–Kier alpha value is -1.94. The van der Waals surface area contributed by atoms with Crippen LogP contribution in [-0.2, 0) is 0 Å². The number of aromatic nitrogens is 3. The molecule has 0 atom stereocenters. The molecule has 3 rings (SSSR count). The number of benzene rings is 1. The Bertz CT molecular complexity index is 693. The van der Waals surface area contributed by atoms with Crippen LogP contribution in [0, 0.1) is 5.82 Å². The first-order valence-electron chi connectivity index (χ1n) is 5.00. The first-order valence-corrected chi connectivity index (χ1v) is 5.38. The topological polar surface area (TPSA) is 30.2 Å². The van der Waals surface area contributed by atoms with Crippen molar-refractivity contribution in [1.29, 1.82) is 0 Å². The van der Waals surface area contributed by atoms with E-state index < -0.39 is 0 Å². The Morgan fingerprint density at radius 2 is 2.06 bits per heavy atom. The minimum Gasteiger partial charge on any atom is -0.220 e.